The predicted molar refractivity (Wildman–Crippen MR) is 112 cm³/mol. The monoisotopic (exact) mass is 430 g/mol. The van der Waals surface area contributed by atoms with Gasteiger partial charge in [-0.15, -0.1) is 0 Å². The molecule has 3 aromatic rings. The summed E-state index contributed by atoms with van der Waals surface area (Å²) in [7, 11) is 0. The first-order valence-corrected chi connectivity index (χ1v) is 8.95. The second-order valence-electron chi connectivity index (χ2n) is 6.19. The van der Waals surface area contributed by atoms with Crippen LogP contribution in [-0.2, 0) is 6.18 Å². The van der Waals surface area contributed by atoms with Crippen molar-refractivity contribution >= 4 is 53.7 Å². The number of carbonyl (C=O) groups is 1. The quantitative estimate of drug-likeness (QED) is 0.451. The number of carbonyl (C=O) groups excluding carboxylic acids is 1. The van der Waals surface area contributed by atoms with Crippen molar-refractivity contribution in [1.29, 1.82) is 0 Å². The van der Waals surface area contributed by atoms with Crippen molar-refractivity contribution in [2.45, 2.75) is 13.1 Å². The van der Waals surface area contributed by atoms with Crippen LogP contribution in [0.5, 0.6) is 0 Å². The SMILES string of the molecule is Cc1cc(NC(=O)c2ccc(Cl)cc2Cl)ccc1-c1cccc(C(F)(F)F)c1.[Li]. The molecule has 2 nitrogen and oxygen atoms in total. The van der Waals surface area contributed by atoms with E-state index in [1.165, 1.54) is 18.2 Å². The van der Waals surface area contributed by atoms with Gasteiger partial charge in [0, 0.05) is 29.6 Å². The summed E-state index contributed by atoms with van der Waals surface area (Å²) >= 11 is 11.9. The van der Waals surface area contributed by atoms with E-state index in [0.717, 1.165) is 17.7 Å². The van der Waals surface area contributed by atoms with Crippen LogP contribution in [0.3, 0.4) is 0 Å². The van der Waals surface area contributed by atoms with Crippen LogP contribution in [0.1, 0.15) is 21.5 Å². The third-order valence-corrected chi connectivity index (χ3v) is 4.71. The minimum Gasteiger partial charge on any atom is -0.322 e. The van der Waals surface area contributed by atoms with Crippen molar-refractivity contribution in [3.63, 3.8) is 0 Å². The maximum Gasteiger partial charge on any atom is 0.416 e. The maximum absolute atomic E-state index is 12.9. The first-order valence-electron chi connectivity index (χ1n) is 8.20. The molecule has 3 aromatic carbocycles. The number of aryl methyl sites for hydroxylation is 1. The van der Waals surface area contributed by atoms with Crippen LogP contribution in [0.25, 0.3) is 11.1 Å². The Kier molecular flexibility index (Phi) is 7.48. The molecule has 0 spiro atoms. The molecule has 145 valence electrons. The molecule has 0 aliphatic heterocycles. The van der Waals surface area contributed by atoms with Crippen LogP contribution in [0.15, 0.2) is 60.7 Å². The zero-order valence-corrected chi connectivity index (χ0v) is 17.1. The number of amides is 1. The van der Waals surface area contributed by atoms with Crippen molar-refractivity contribution in [2.24, 2.45) is 0 Å². The third-order valence-electron chi connectivity index (χ3n) is 4.16. The molecule has 0 bridgehead atoms. The molecule has 0 saturated carbocycles. The van der Waals surface area contributed by atoms with Gasteiger partial charge in [0.05, 0.1) is 16.1 Å². The fraction of sp³-hybridized carbons (Fsp3) is 0.0952. The summed E-state index contributed by atoms with van der Waals surface area (Å²) < 4.78 is 38.8. The van der Waals surface area contributed by atoms with E-state index >= 15 is 0 Å². The largest absolute Gasteiger partial charge is 0.416 e. The van der Waals surface area contributed by atoms with Crippen molar-refractivity contribution in [2.75, 3.05) is 5.32 Å². The fourth-order valence-electron chi connectivity index (χ4n) is 2.80. The summed E-state index contributed by atoms with van der Waals surface area (Å²) in [6.45, 7) is 1.76. The topological polar surface area (TPSA) is 29.1 Å². The van der Waals surface area contributed by atoms with E-state index in [1.54, 1.807) is 37.3 Å². The zero-order valence-electron chi connectivity index (χ0n) is 15.6. The minimum atomic E-state index is -4.41. The van der Waals surface area contributed by atoms with E-state index in [0.29, 0.717) is 21.8 Å². The van der Waals surface area contributed by atoms with E-state index < -0.39 is 17.6 Å². The van der Waals surface area contributed by atoms with Crippen molar-refractivity contribution < 1.29 is 18.0 Å². The molecule has 1 amide bonds. The van der Waals surface area contributed by atoms with Gasteiger partial charge < -0.3 is 5.32 Å². The molecule has 1 radical (unpaired) electrons. The number of alkyl halides is 3. The van der Waals surface area contributed by atoms with Crippen LogP contribution in [0, 0.1) is 6.92 Å². The minimum absolute atomic E-state index is 0. The maximum atomic E-state index is 12.9. The molecule has 0 saturated heterocycles. The van der Waals surface area contributed by atoms with Gasteiger partial charge >= 0.3 is 6.18 Å². The van der Waals surface area contributed by atoms with Gasteiger partial charge in [0.1, 0.15) is 0 Å². The number of hydrogen-bond acceptors (Lipinski definition) is 1. The molecule has 0 aliphatic rings. The van der Waals surface area contributed by atoms with E-state index in [-0.39, 0.29) is 29.4 Å². The summed E-state index contributed by atoms with van der Waals surface area (Å²) in [5, 5.41) is 3.37. The van der Waals surface area contributed by atoms with Gasteiger partial charge in [-0.05, 0) is 66.1 Å². The second kappa shape index (κ2) is 9.28. The Balaban J connectivity index is 0.00000300. The van der Waals surface area contributed by atoms with Crippen molar-refractivity contribution in [1.82, 2.24) is 0 Å². The number of nitrogens with one attached hydrogen (secondary N) is 1. The molecule has 0 atom stereocenters. The third kappa shape index (κ3) is 5.58. The first-order chi connectivity index (χ1) is 13.1. The normalized spacial score (nSPS) is 11.0. The number of hydrogen-bond donors (Lipinski definition) is 1. The molecule has 0 heterocycles. The smallest absolute Gasteiger partial charge is 0.322 e. The van der Waals surface area contributed by atoms with Gasteiger partial charge in [0.2, 0.25) is 0 Å². The van der Waals surface area contributed by atoms with Crippen LogP contribution < -0.4 is 5.32 Å². The number of halogens is 5. The Bertz CT molecular complexity index is 1050. The molecular weight excluding hydrogens is 417 g/mol. The van der Waals surface area contributed by atoms with Crippen LogP contribution in [0.2, 0.25) is 10.0 Å². The summed E-state index contributed by atoms with van der Waals surface area (Å²) in [5.41, 5.74) is 1.88. The van der Waals surface area contributed by atoms with Gasteiger partial charge in [-0.25, -0.2) is 0 Å². The Labute approximate surface area is 188 Å². The fourth-order valence-corrected chi connectivity index (χ4v) is 3.29. The molecule has 3 rings (SSSR count). The predicted octanol–water partition coefficient (Wildman–Crippen LogP) is 6.86. The molecular formula is C21H14Cl2F3LiNO. The molecule has 0 fully saturated rings. The number of benzene rings is 3. The van der Waals surface area contributed by atoms with Crippen LogP contribution >= 0.6 is 23.2 Å². The van der Waals surface area contributed by atoms with Gasteiger partial charge in [-0.1, -0.05) is 41.4 Å². The van der Waals surface area contributed by atoms with E-state index in [2.05, 4.69) is 5.32 Å². The van der Waals surface area contributed by atoms with Crippen molar-refractivity contribution in [3.8, 4) is 11.1 Å². The molecule has 0 unspecified atom stereocenters. The van der Waals surface area contributed by atoms with E-state index in [1.807, 2.05) is 0 Å². The van der Waals surface area contributed by atoms with Gasteiger partial charge in [0.15, 0.2) is 0 Å². The van der Waals surface area contributed by atoms with Crippen LogP contribution in [0.4, 0.5) is 18.9 Å². The molecule has 8 heteroatoms. The Hall–Kier alpha value is -1.90. The van der Waals surface area contributed by atoms with Crippen molar-refractivity contribution in [3.05, 3.63) is 87.4 Å². The Morgan fingerprint density at radius 2 is 1.69 bits per heavy atom. The van der Waals surface area contributed by atoms with Gasteiger partial charge in [-0.2, -0.15) is 13.2 Å². The average Bonchev–Trinajstić information content (AvgIpc) is 2.61. The Morgan fingerprint density at radius 3 is 2.31 bits per heavy atom. The molecule has 0 aliphatic carbocycles. The van der Waals surface area contributed by atoms with Gasteiger partial charge in [0.25, 0.3) is 5.91 Å². The summed E-state index contributed by atoms with van der Waals surface area (Å²) in [6, 6.07) is 14.7. The van der Waals surface area contributed by atoms with Crippen LogP contribution in [-0.4, -0.2) is 24.8 Å². The average molecular weight is 431 g/mol. The summed E-state index contributed by atoms with van der Waals surface area (Å²) in [6.07, 6.45) is -4.41. The first kappa shape index (κ1) is 23.4. The number of anilines is 1. The van der Waals surface area contributed by atoms with Gasteiger partial charge in [-0.3, -0.25) is 4.79 Å². The Morgan fingerprint density at radius 1 is 0.966 bits per heavy atom. The molecule has 29 heavy (non-hydrogen) atoms. The molecule has 1 N–H and O–H groups in total. The second-order valence-corrected chi connectivity index (χ2v) is 7.03. The van der Waals surface area contributed by atoms with E-state index in [9.17, 15) is 18.0 Å². The zero-order chi connectivity index (χ0) is 20.5. The summed E-state index contributed by atoms with van der Waals surface area (Å²) in [4.78, 5) is 12.4. The van der Waals surface area contributed by atoms with E-state index in [4.69, 9.17) is 23.2 Å². The number of rotatable bonds is 3. The molecule has 0 aromatic heterocycles. The standard InChI is InChI=1S/C21H14Cl2F3NO.Li/c1-12-9-16(27-20(28)18-7-5-15(22)11-19(18)23)6-8-17(12)13-3-2-4-14(10-13)21(24,25)26;/h2-11H,1H3,(H,27,28);. The summed E-state index contributed by atoms with van der Waals surface area (Å²) in [5.74, 6) is -0.409.